The third-order valence-electron chi connectivity index (χ3n) is 2.64. The molecule has 1 aliphatic rings. The highest BCUT2D eigenvalue weighted by Crippen LogP contribution is 2.33. The minimum Gasteiger partial charge on any atom is -0.392 e. The van der Waals surface area contributed by atoms with Crippen molar-refractivity contribution >= 4 is 11.8 Å². The van der Waals surface area contributed by atoms with Crippen LogP contribution in [0.2, 0.25) is 0 Å². The zero-order chi connectivity index (χ0) is 11.4. The zero-order valence-electron chi connectivity index (χ0n) is 9.56. The molecule has 90 valence electrons. The highest BCUT2D eigenvalue weighted by Gasteiger charge is 2.30. The van der Waals surface area contributed by atoms with Crippen LogP contribution < -0.4 is 0 Å². The van der Waals surface area contributed by atoms with Crippen molar-refractivity contribution < 1.29 is 9.63 Å². The van der Waals surface area contributed by atoms with Crippen LogP contribution >= 0.6 is 11.8 Å². The average Bonchev–Trinajstić information content (AvgIpc) is 3.03. The van der Waals surface area contributed by atoms with Crippen molar-refractivity contribution in [2.24, 2.45) is 5.92 Å². The van der Waals surface area contributed by atoms with Crippen molar-refractivity contribution in [3.8, 4) is 0 Å². The third-order valence-corrected chi connectivity index (χ3v) is 3.80. The summed E-state index contributed by atoms with van der Waals surface area (Å²) in [6.45, 7) is 2.15. The summed E-state index contributed by atoms with van der Waals surface area (Å²) in [5, 5.41) is 13.6. The minimum absolute atomic E-state index is 0.295. The van der Waals surface area contributed by atoms with Gasteiger partial charge in [-0.05, 0) is 30.9 Å². The maximum atomic E-state index is 9.73. The Balaban J connectivity index is 1.77. The molecule has 1 aromatic heterocycles. The molecule has 1 N–H and O–H groups in total. The summed E-state index contributed by atoms with van der Waals surface area (Å²) in [4.78, 5) is 4.27. The van der Waals surface area contributed by atoms with Gasteiger partial charge in [-0.1, -0.05) is 12.1 Å². The van der Waals surface area contributed by atoms with E-state index in [0.29, 0.717) is 18.2 Å². The van der Waals surface area contributed by atoms with Gasteiger partial charge in [0.15, 0.2) is 5.82 Å². The first-order valence-electron chi connectivity index (χ1n) is 5.87. The highest BCUT2D eigenvalue weighted by atomic mass is 32.2. The quantitative estimate of drug-likeness (QED) is 0.741. The molecule has 0 bridgehead atoms. The summed E-state index contributed by atoms with van der Waals surface area (Å²) in [6.07, 6.45) is 3.64. The normalized spacial score (nSPS) is 17.6. The van der Waals surface area contributed by atoms with Crippen LogP contribution in [0.4, 0.5) is 0 Å². The van der Waals surface area contributed by atoms with Crippen molar-refractivity contribution in [3.63, 3.8) is 0 Å². The van der Waals surface area contributed by atoms with Crippen molar-refractivity contribution in [1.82, 2.24) is 10.1 Å². The molecule has 1 unspecified atom stereocenters. The van der Waals surface area contributed by atoms with Crippen molar-refractivity contribution in [1.29, 1.82) is 0 Å². The number of nitrogens with zero attached hydrogens (tertiary/aromatic N) is 2. The van der Waals surface area contributed by atoms with Gasteiger partial charge in [-0.2, -0.15) is 16.7 Å². The largest absolute Gasteiger partial charge is 0.392 e. The molecule has 1 fully saturated rings. The van der Waals surface area contributed by atoms with Gasteiger partial charge in [0.2, 0.25) is 5.89 Å². The molecule has 0 aliphatic heterocycles. The van der Waals surface area contributed by atoms with Crippen molar-refractivity contribution in [3.05, 3.63) is 11.7 Å². The Kier molecular flexibility index (Phi) is 4.23. The van der Waals surface area contributed by atoms with Gasteiger partial charge in [0, 0.05) is 0 Å². The van der Waals surface area contributed by atoms with Crippen LogP contribution in [-0.2, 0) is 12.2 Å². The average molecular weight is 242 g/mol. The van der Waals surface area contributed by atoms with Crippen LogP contribution in [0.3, 0.4) is 0 Å². The summed E-state index contributed by atoms with van der Waals surface area (Å²) in [5.74, 6) is 3.71. The Morgan fingerprint density at radius 3 is 3.06 bits per heavy atom. The van der Waals surface area contributed by atoms with Gasteiger partial charge < -0.3 is 9.63 Å². The molecule has 4 nitrogen and oxygen atoms in total. The summed E-state index contributed by atoms with van der Waals surface area (Å²) >= 11 is 1.81. The molecule has 1 heterocycles. The molecular formula is C11H18N2O2S. The van der Waals surface area contributed by atoms with E-state index in [0.717, 1.165) is 36.6 Å². The SMILES string of the molecule is CCCSCc1noc(CC(O)C2CC2)n1. The lowest BCUT2D eigenvalue weighted by atomic mass is 10.2. The topological polar surface area (TPSA) is 59.2 Å². The van der Waals surface area contributed by atoms with Crippen LogP contribution in [0.5, 0.6) is 0 Å². The second-order valence-corrected chi connectivity index (χ2v) is 5.37. The Morgan fingerprint density at radius 1 is 1.56 bits per heavy atom. The first-order valence-corrected chi connectivity index (χ1v) is 7.02. The molecule has 0 saturated heterocycles. The van der Waals surface area contributed by atoms with Crippen molar-refractivity contribution in [2.75, 3.05) is 5.75 Å². The van der Waals surface area contributed by atoms with Gasteiger partial charge in [0.25, 0.3) is 0 Å². The van der Waals surface area contributed by atoms with Crippen LogP contribution in [-0.4, -0.2) is 27.1 Å². The lowest BCUT2D eigenvalue weighted by Crippen LogP contribution is -2.12. The van der Waals surface area contributed by atoms with E-state index in [1.807, 2.05) is 11.8 Å². The predicted octanol–water partition coefficient (Wildman–Crippen LogP) is 2.03. The standard InChI is InChI=1S/C11H18N2O2S/c1-2-5-16-7-10-12-11(15-13-10)6-9(14)8-3-4-8/h8-9,14H,2-7H2,1H3. The van der Waals surface area contributed by atoms with Gasteiger partial charge in [0.05, 0.1) is 18.3 Å². The Morgan fingerprint density at radius 2 is 2.38 bits per heavy atom. The Bertz CT molecular complexity index is 326. The number of hydrogen-bond donors (Lipinski definition) is 1. The van der Waals surface area contributed by atoms with Gasteiger partial charge >= 0.3 is 0 Å². The summed E-state index contributed by atoms with van der Waals surface area (Å²) in [6, 6.07) is 0. The molecule has 1 aliphatic carbocycles. The second-order valence-electron chi connectivity index (χ2n) is 4.27. The zero-order valence-corrected chi connectivity index (χ0v) is 10.4. The lowest BCUT2D eigenvalue weighted by Gasteiger charge is -2.03. The fourth-order valence-electron chi connectivity index (χ4n) is 1.57. The molecule has 0 spiro atoms. The number of thioether (sulfide) groups is 1. The van der Waals surface area contributed by atoms with Gasteiger partial charge in [-0.15, -0.1) is 0 Å². The Hall–Kier alpha value is -0.550. The molecule has 1 aromatic rings. The highest BCUT2D eigenvalue weighted by molar-refractivity contribution is 7.98. The molecule has 1 atom stereocenters. The summed E-state index contributed by atoms with van der Waals surface area (Å²) < 4.78 is 5.11. The number of aliphatic hydroxyl groups is 1. The van der Waals surface area contributed by atoms with E-state index < -0.39 is 0 Å². The van der Waals surface area contributed by atoms with E-state index in [1.54, 1.807) is 0 Å². The van der Waals surface area contributed by atoms with E-state index in [1.165, 1.54) is 0 Å². The summed E-state index contributed by atoms with van der Waals surface area (Å²) in [5.41, 5.74) is 0. The van der Waals surface area contributed by atoms with Crippen LogP contribution in [0.25, 0.3) is 0 Å². The monoisotopic (exact) mass is 242 g/mol. The van der Waals surface area contributed by atoms with Gasteiger partial charge in [-0.25, -0.2) is 0 Å². The van der Waals surface area contributed by atoms with E-state index in [9.17, 15) is 5.11 Å². The fraction of sp³-hybridized carbons (Fsp3) is 0.818. The molecule has 5 heteroatoms. The van der Waals surface area contributed by atoms with Crippen LogP contribution in [0, 0.1) is 5.92 Å². The Labute approximate surface area is 99.8 Å². The number of aliphatic hydroxyl groups excluding tert-OH is 1. The third kappa shape index (κ3) is 3.49. The van der Waals surface area contributed by atoms with E-state index in [2.05, 4.69) is 17.1 Å². The molecule has 2 rings (SSSR count). The summed E-state index contributed by atoms with van der Waals surface area (Å²) in [7, 11) is 0. The van der Waals surface area contributed by atoms with E-state index in [-0.39, 0.29) is 6.10 Å². The maximum absolute atomic E-state index is 9.73. The molecule has 0 amide bonds. The van der Waals surface area contributed by atoms with Gasteiger partial charge in [0.1, 0.15) is 0 Å². The number of rotatable bonds is 7. The predicted molar refractivity (Wildman–Crippen MR) is 63.2 cm³/mol. The number of aromatic nitrogens is 2. The number of hydrogen-bond acceptors (Lipinski definition) is 5. The molecular weight excluding hydrogens is 224 g/mol. The van der Waals surface area contributed by atoms with Crippen LogP contribution in [0.1, 0.15) is 37.9 Å². The smallest absolute Gasteiger partial charge is 0.229 e. The first kappa shape index (κ1) is 11.9. The molecule has 16 heavy (non-hydrogen) atoms. The van der Waals surface area contributed by atoms with Crippen molar-refractivity contribution in [2.45, 2.75) is 44.5 Å². The lowest BCUT2D eigenvalue weighted by molar-refractivity contribution is 0.140. The van der Waals surface area contributed by atoms with E-state index in [4.69, 9.17) is 4.52 Å². The van der Waals surface area contributed by atoms with Crippen LogP contribution in [0.15, 0.2) is 4.52 Å². The first-order chi connectivity index (χ1) is 7.79. The molecule has 0 aromatic carbocycles. The fourth-order valence-corrected chi connectivity index (χ4v) is 2.30. The maximum Gasteiger partial charge on any atom is 0.229 e. The molecule has 0 radical (unpaired) electrons. The molecule has 1 saturated carbocycles. The van der Waals surface area contributed by atoms with Gasteiger partial charge in [-0.3, -0.25) is 0 Å². The second kappa shape index (κ2) is 5.68. The minimum atomic E-state index is -0.295. The van der Waals surface area contributed by atoms with E-state index >= 15 is 0 Å².